The summed E-state index contributed by atoms with van der Waals surface area (Å²) >= 11 is 0. The number of benzene rings is 2. The van der Waals surface area contributed by atoms with Crippen LogP contribution in [-0.2, 0) is 32.1 Å². The minimum absolute atomic E-state index is 0.204. The highest BCUT2D eigenvalue weighted by Crippen LogP contribution is 2.17. The molecule has 1 atom stereocenters. The number of ether oxygens (including phenoxy) is 2. The first-order chi connectivity index (χ1) is 15.4. The number of rotatable bonds is 11. The zero-order valence-electron chi connectivity index (χ0n) is 18.6. The maximum absolute atomic E-state index is 12.4. The van der Waals surface area contributed by atoms with Gasteiger partial charge in [-0.1, -0.05) is 42.5 Å². The van der Waals surface area contributed by atoms with Crippen LogP contribution >= 0.6 is 0 Å². The molecule has 0 aliphatic rings. The lowest BCUT2D eigenvalue weighted by Crippen LogP contribution is -2.36. The SMILES string of the molecule is COC(=O)CCc1ccccc1NC(=O)[C@@H](N)CCCNC(=O)OCc1ccccc1C. The Bertz CT molecular complexity index is 916. The maximum Gasteiger partial charge on any atom is 0.407 e. The van der Waals surface area contributed by atoms with Gasteiger partial charge in [0.2, 0.25) is 5.91 Å². The highest BCUT2D eigenvalue weighted by Gasteiger charge is 2.15. The number of amides is 2. The lowest BCUT2D eigenvalue weighted by Gasteiger charge is -2.15. The molecule has 0 radical (unpaired) electrons. The summed E-state index contributed by atoms with van der Waals surface area (Å²) in [5.74, 6) is -0.634. The quantitative estimate of drug-likeness (QED) is 0.364. The molecule has 8 heteroatoms. The average molecular weight is 442 g/mol. The van der Waals surface area contributed by atoms with Gasteiger partial charge < -0.3 is 25.8 Å². The Kier molecular flexibility index (Phi) is 10.2. The molecule has 0 aliphatic carbocycles. The molecule has 32 heavy (non-hydrogen) atoms. The Balaban J connectivity index is 1.70. The van der Waals surface area contributed by atoms with Crippen molar-refractivity contribution >= 4 is 23.7 Å². The van der Waals surface area contributed by atoms with Crippen molar-refractivity contribution in [1.29, 1.82) is 0 Å². The molecule has 0 heterocycles. The number of aryl methyl sites for hydroxylation is 2. The molecule has 8 nitrogen and oxygen atoms in total. The third kappa shape index (κ3) is 8.39. The first-order valence-electron chi connectivity index (χ1n) is 10.6. The number of esters is 1. The van der Waals surface area contributed by atoms with Crippen LogP contribution in [0, 0.1) is 6.92 Å². The molecule has 0 fully saturated rings. The zero-order valence-corrected chi connectivity index (χ0v) is 18.6. The number of para-hydroxylation sites is 1. The summed E-state index contributed by atoms with van der Waals surface area (Å²) in [5.41, 5.74) is 9.46. The molecule has 4 N–H and O–H groups in total. The van der Waals surface area contributed by atoms with Crippen LogP contribution in [0.5, 0.6) is 0 Å². The molecule has 0 aromatic heterocycles. The van der Waals surface area contributed by atoms with Gasteiger partial charge in [-0.3, -0.25) is 9.59 Å². The van der Waals surface area contributed by atoms with Gasteiger partial charge in [0.05, 0.1) is 13.2 Å². The smallest absolute Gasteiger partial charge is 0.407 e. The van der Waals surface area contributed by atoms with Crippen LogP contribution in [0.25, 0.3) is 0 Å². The van der Waals surface area contributed by atoms with E-state index in [0.29, 0.717) is 31.5 Å². The number of alkyl carbamates (subject to hydrolysis) is 1. The number of methoxy groups -OCH3 is 1. The lowest BCUT2D eigenvalue weighted by atomic mass is 10.1. The van der Waals surface area contributed by atoms with Crippen molar-refractivity contribution in [1.82, 2.24) is 5.32 Å². The van der Waals surface area contributed by atoms with Gasteiger partial charge in [0.15, 0.2) is 0 Å². The molecule has 0 aliphatic heterocycles. The Morgan fingerprint density at radius 3 is 2.44 bits per heavy atom. The number of hydrogen-bond donors (Lipinski definition) is 3. The second-order valence-corrected chi connectivity index (χ2v) is 7.40. The van der Waals surface area contributed by atoms with Gasteiger partial charge >= 0.3 is 12.1 Å². The van der Waals surface area contributed by atoms with E-state index in [2.05, 4.69) is 15.4 Å². The van der Waals surface area contributed by atoms with E-state index in [0.717, 1.165) is 16.7 Å². The van der Waals surface area contributed by atoms with Crippen LogP contribution in [0.3, 0.4) is 0 Å². The third-order valence-corrected chi connectivity index (χ3v) is 5.02. The van der Waals surface area contributed by atoms with E-state index in [1.54, 1.807) is 12.1 Å². The fraction of sp³-hybridized carbons (Fsp3) is 0.375. The zero-order chi connectivity index (χ0) is 23.3. The molecule has 0 saturated carbocycles. The minimum atomic E-state index is -0.728. The first kappa shape index (κ1) is 24.9. The van der Waals surface area contributed by atoms with Crippen molar-refractivity contribution in [3.05, 3.63) is 65.2 Å². The van der Waals surface area contributed by atoms with Crippen molar-refractivity contribution in [2.75, 3.05) is 19.0 Å². The van der Waals surface area contributed by atoms with Crippen LogP contribution in [0.15, 0.2) is 48.5 Å². The number of anilines is 1. The van der Waals surface area contributed by atoms with E-state index in [1.165, 1.54) is 7.11 Å². The Morgan fingerprint density at radius 2 is 1.72 bits per heavy atom. The van der Waals surface area contributed by atoms with Crippen LogP contribution in [0.1, 0.15) is 36.0 Å². The van der Waals surface area contributed by atoms with Gasteiger partial charge in [0.25, 0.3) is 0 Å². The summed E-state index contributed by atoms with van der Waals surface area (Å²) in [6.45, 7) is 2.51. The Labute approximate surface area is 188 Å². The summed E-state index contributed by atoms with van der Waals surface area (Å²) in [6, 6.07) is 14.2. The van der Waals surface area contributed by atoms with Crippen molar-refractivity contribution in [3.63, 3.8) is 0 Å². The van der Waals surface area contributed by atoms with E-state index in [-0.39, 0.29) is 24.9 Å². The predicted molar refractivity (Wildman–Crippen MR) is 122 cm³/mol. The van der Waals surface area contributed by atoms with Crippen molar-refractivity contribution in [2.45, 2.75) is 45.3 Å². The van der Waals surface area contributed by atoms with E-state index >= 15 is 0 Å². The molecule has 0 spiro atoms. The number of nitrogens with one attached hydrogen (secondary N) is 2. The normalized spacial score (nSPS) is 11.3. The number of nitrogens with two attached hydrogens (primary N) is 1. The van der Waals surface area contributed by atoms with Crippen LogP contribution in [-0.4, -0.2) is 37.7 Å². The number of carbonyl (C=O) groups is 3. The summed E-state index contributed by atoms with van der Waals surface area (Å²) in [5, 5.41) is 5.48. The summed E-state index contributed by atoms with van der Waals surface area (Å²) in [7, 11) is 1.34. The molecule has 2 rings (SSSR count). The first-order valence-corrected chi connectivity index (χ1v) is 10.6. The fourth-order valence-corrected chi connectivity index (χ4v) is 3.03. The maximum atomic E-state index is 12.4. The molecule has 2 aromatic rings. The van der Waals surface area contributed by atoms with Gasteiger partial charge in [-0.2, -0.15) is 0 Å². The molecule has 0 bridgehead atoms. The van der Waals surface area contributed by atoms with Crippen molar-refractivity contribution < 1.29 is 23.9 Å². The van der Waals surface area contributed by atoms with Crippen LogP contribution in [0.2, 0.25) is 0 Å². The van der Waals surface area contributed by atoms with Crippen LogP contribution < -0.4 is 16.4 Å². The predicted octanol–water partition coefficient (Wildman–Crippen LogP) is 3.07. The van der Waals surface area contributed by atoms with E-state index in [1.807, 2.05) is 43.3 Å². The standard InChI is InChI=1S/C24H31N3O5/c1-17-8-3-4-10-19(17)16-32-24(30)26-15-7-11-20(25)23(29)27-21-12-6-5-9-18(21)13-14-22(28)31-2/h3-6,8-10,12,20H,7,11,13-16,25H2,1-2H3,(H,26,30)(H,27,29)/t20-/m0/s1. The highest BCUT2D eigenvalue weighted by molar-refractivity contribution is 5.95. The molecule has 2 aromatic carbocycles. The second-order valence-electron chi connectivity index (χ2n) is 7.40. The molecular weight excluding hydrogens is 410 g/mol. The highest BCUT2D eigenvalue weighted by atomic mass is 16.5. The molecule has 0 unspecified atom stereocenters. The second kappa shape index (κ2) is 13.1. The Hall–Kier alpha value is -3.39. The van der Waals surface area contributed by atoms with Gasteiger partial charge in [-0.15, -0.1) is 0 Å². The summed E-state index contributed by atoms with van der Waals surface area (Å²) in [4.78, 5) is 35.7. The summed E-state index contributed by atoms with van der Waals surface area (Å²) in [6.07, 6.45) is 1.09. The molecule has 0 saturated heterocycles. The third-order valence-electron chi connectivity index (χ3n) is 5.02. The van der Waals surface area contributed by atoms with Gasteiger partial charge in [-0.05, 0) is 48.9 Å². The van der Waals surface area contributed by atoms with E-state index in [9.17, 15) is 14.4 Å². The minimum Gasteiger partial charge on any atom is -0.469 e. The molecular formula is C24H31N3O5. The molecule has 172 valence electrons. The largest absolute Gasteiger partial charge is 0.469 e. The van der Waals surface area contributed by atoms with Gasteiger partial charge in [0.1, 0.15) is 6.61 Å². The van der Waals surface area contributed by atoms with Crippen molar-refractivity contribution in [3.8, 4) is 0 Å². The van der Waals surface area contributed by atoms with Gasteiger partial charge in [0, 0.05) is 18.7 Å². The number of hydrogen-bond acceptors (Lipinski definition) is 6. The Morgan fingerprint density at radius 1 is 1.03 bits per heavy atom. The van der Waals surface area contributed by atoms with Crippen molar-refractivity contribution in [2.24, 2.45) is 5.73 Å². The number of carbonyl (C=O) groups excluding carboxylic acids is 3. The lowest BCUT2D eigenvalue weighted by molar-refractivity contribution is -0.140. The fourth-order valence-electron chi connectivity index (χ4n) is 3.03. The van der Waals surface area contributed by atoms with E-state index in [4.69, 9.17) is 10.5 Å². The monoisotopic (exact) mass is 441 g/mol. The van der Waals surface area contributed by atoms with E-state index < -0.39 is 12.1 Å². The molecule has 2 amide bonds. The van der Waals surface area contributed by atoms with Gasteiger partial charge in [-0.25, -0.2) is 4.79 Å². The summed E-state index contributed by atoms with van der Waals surface area (Å²) < 4.78 is 9.87. The van der Waals surface area contributed by atoms with Crippen LogP contribution in [0.4, 0.5) is 10.5 Å². The topological polar surface area (TPSA) is 120 Å². The average Bonchev–Trinajstić information content (AvgIpc) is 2.80.